The number of rotatable bonds is 5. The number of benzene rings is 8. The molecule has 2 aromatic heterocycles. The zero-order chi connectivity index (χ0) is 37.5. The Kier molecular flexibility index (Phi) is 7.05. The number of hydrogen-bond donors (Lipinski definition) is 0. The predicted octanol–water partition coefficient (Wildman–Crippen LogP) is 13.7. The Hall–Kier alpha value is -7.36. The molecule has 10 aromatic rings. The minimum atomic E-state index is 0.0314. The van der Waals surface area contributed by atoms with Crippen LogP contribution in [0.3, 0.4) is 0 Å². The van der Waals surface area contributed by atoms with E-state index < -0.39 is 0 Å². The number of aromatic nitrogens is 2. The van der Waals surface area contributed by atoms with E-state index in [0.29, 0.717) is 0 Å². The summed E-state index contributed by atoms with van der Waals surface area (Å²) in [7, 11) is 0. The first-order valence-corrected chi connectivity index (χ1v) is 19.7. The van der Waals surface area contributed by atoms with Gasteiger partial charge in [0.25, 0.3) is 0 Å². The Labute approximate surface area is 330 Å². The number of para-hydroxylation sites is 4. The van der Waals surface area contributed by atoms with Gasteiger partial charge in [-0.3, -0.25) is 0 Å². The van der Waals surface area contributed by atoms with Gasteiger partial charge >= 0.3 is 0 Å². The van der Waals surface area contributed by atoms with Gasteiger partial charge < -0.3 is 13.9 Å². The lowest BCUT2D eigenvalue weighted by Gasteiger charge is -2.20. The standard InChI is InChI=1S/C54H36N2O/c1-2-13-35(14-3-1)38-29-39(31-40(30-38)37-25-28-54-48(33-37)46-20-7-11-24-53(46)57-54)36-15-12-16-41(32-36)55-51-23-10-6-19-45(51)47-34-42(26-27-52(47)55)56-49-21-8-4-17-43(49)44-18-5-9-22-50(44)56/h1-34,48,54H. The summed E-state index contributed by atoms with van der Waals surface area (Å²) in [6, 6.07) is 68.4. The Balaban J connectivity index is 1.01. The summed E-state index contributed by atoms with van der Waals surface area (Å²) in [4.78, 5) is 0. The molecule has 268 valence electrons. The average molecular weight is 729 g/mol. The van der Waals surface area contributed by atoms with Crippen molar-refractivity contribution in [2.24, 2.45) is 0 Å². The Morgan fingerprint density at radius 3 is 1.68 bits per heavy atom. The highest BCUT2D eigenvalue weighted by molar-refractivity contribution is 6.12. The number of hydrogen-bond acceptors (Lipinski definition) is 1. The quantitative estimate of drug-likeness (QED) is 0.173. The van der Waals surface area contributed by atoms with Gasteiger partial charge in [0.2, 0.25) is 0 Å². The van der Waals surface area contributed by atoms with Gasteiger partial charge in [-0.2, -0.15) is 0 Å². The summed E-state index contributed by atoms with van der Waals surface area (Å²) in [6.07, 6.45) is 6.89. The van der Waals surface area contributed by atoms with Crippen molar-refractivity contribution in [3.63, 3.8) is 0 Å². The molecule has 8 aromatic carbocycles. The van der Waals surface area contributed by atoms with Crippen molar-refractivity contribution in [3.8, 4) is 39.4 Å². The average Bonchev–Trinajstić information content (AvgIpc) is 3.94. The third kappa shape index (κ3) is 5.06. The summed E-state index contributed by atoms with van der Waals surface area (Å²) < 4.78 is 11.1. The van der Waals surface area contributed by atoms with Crippen LogP contribution in [0.5, 0.6) is 5.75 Å². The molecule has 0 N–H and O–H groups in total. The Morgan fingerprint density at radius 2 is 0.947 bits per heavy atom. The smallest absolute Gasteiger partial charge is 0.128 e. The highest BCUT2D eigenvalue weighted by Gasteiger charge is 2.33. The molecule has 3 heterocycles. The first-order chi connectivity index (χ1) is 28.2. The van der Waals surface area contributed by atoms with E-state index in [2.05, 4.69) is 215 Å². The third-order valence-electron chi connectivity index (χ3n) is 12.0. The molecular formula is C54H36N2O. The molecule has 0 saturated carbocycles. The van der Waals surface area contributed by atoms with Crippen LogP contribution < -0.4 is 4.74 Å². The number of ether oxygens (including phenoxy) is 1. The van der Waals surface area contributed by atoms with Crippen molar-refractivity contribution in [2.45, 2.75) is 12.0 Å². The van der Waals surface area contributed by atoms with Crippen LogP contribution in [0, 0.1) is 0 Å². The van der Waals surface area contributed by atoms with E-state index in [1.807, 2.05) is 0 Å². The van der Waals surface area contributed by atoms with Gasteiger partial charge in [0, 0.05) is 44.4 Å². The second-order valence-corrected chi connectivity index (χ2v) is 15.3. The van der Waals surface area contributed by atoms with Crippen LogP contribution in [0.1, 0.15) is 17.0 Å². The van der Waals surface area contributed by atoms with Crippen molar-refractivity contribution in [1.29, 1.82) is 0 Å². The maximum absolute atomic E-state index is 6.32. The van der Waals surface area contributed by atoms with Gasteiger partial charge in [0.1, 0.15) is 11.9 Å². The first kappa shape index (κ1) is 31.9. The molecule has 1 aliphatic carbocycles. The number of fused-ring (bicyclic) bond motifs is 9. The molecule has 2 unspecified atom stereocenters. The van der Waals surface area contributed by atoms with Gasteiger partial charge in [-0.25, -0.2) is 0 Å². The minimum Gasteiger partial charge on any atom is -0.485 e. The minimum absolute atomic E-state index is 0.0314. The lowest BCUT2D eigenvalue weighted by atomic mass is 9.85. The number of nitrogens with zero attached hydrogens (tertiary/aromatic N) is 2. The normalized spacial score (nSPS) is 15.9. The van der Waals surface area contributed by atoms with Gasteiger partial charge in [-0.1, -0.05) is 127 Å². The Bertz CT molecular complexity index is 3230. The topological polar surface area (TPSA) is 19.1 Å². The van der Waals surface area contributed by atoms with Crippen molar-refractivity contribution in [2.75, 3.05) is 0 Å². The molecule has 1 aliphatic heterocycles. The molecule has 0 radical (unpaired) electrons. The molecule has 0 fully saturated rings. The fourth-order valence-electron chi connectivity index (χ4n) is 9.41. The SMILES string of the molecule is C1=CC2Oc3ccccc3C2C=C1c1cc(-c2ccccc2)cc(-c2cccc(-n3c4ccccc4c4cc(-n5c6ccccc6c6ccccc65)ccc43)c2)c1. The second-order valence-electron chi connectivity index (χ2n) is 15.3. The molecular weight excluding hydrogens is 693 g/mol. The summed E-state index contributed by atoms with van der Waals surface area (Å²) in [5.74, 6) is 1.18. The predicted molar refractivity (Wildman–Crippen MR) is 237 cm³/mol. The monoisotopic (exact) mass is 728 g/mol. The lowest BCUT2D eigenvalue weighted by molar-refractivity contribution is 0.269. The maximum Gasteiger partial charge on any atom is 0.128 e. The summed E-state index contributed by atoms with van der Waals surface area (Å²) >= 11 is 0. The van der Waals surface area contributed by atoms with E-state index in [9.17, 15) is 0 Å². The van der Waals surface area contributed by atoms with Crippen molar-refractivity contribution < 1.29 is 4.74 Å². The molecule has 0 bridgehead atoms. The highest BCUT2D eigenvalue weighted by atomic mass is 16.5. The summed E-state index contributed by atoms with van der Waals surface area (Å²) in [6.45, 7) is 0. The fraction of sp³-hybridized carbons (Fsp3) is 0.0370. The van der Waals surface area contributed by atoms with Crippen LogP contribution in [0.2, 0.25) is 0 Å². The van der Waals surface area contributed by atoms with Crippen molar-refractivity contribution in [3.05, 3.63) is 217 Å². The van der Waals surface area contributed by atoms with Crippen LogP contribution >= 0.6 is 0 Å². The molecule has 57 heavy (non-hydrogen) atoms. The summed E-state index contributed by atoms with van der Waals surface area (Å²) in [5.41, 5.74) is 15.5. The van der Waals surface area contributed by atoms with E-state index in [-0.39, 0.29) is 12.0 Å². The van der Waals surface area contributed by atoms with Crippen LogP contribution in [-0.4, -0.2) is 15.2 Å². The largest absolute Gasteiger partial charge is 0.485 e. The third-order valence-corrected chi connectivity index (χ3v) is 12.0. The van der Waals surface area contributed by atoms with E-state index in [1.54, 1.807) is 0 Å². The van der Waals surface area contributed by atoms with E-state index in [1.165, 1.54) is 82.6 Å². The molecule has 3 nitrogen and oxygen atoms in total. The molecule has 0 saturated heterocycles. The van der Waals surface area contributed by atoms with E-state index in [0.717, 1.165) is 17.1 Å². The molecule has 0 amide bonds. The van der Waals surface area contributed by atoms with Crippen LogP contribution in [-0.2, 0) is 0 Å². The van der Waals surface area contributed by atoms with E-state index >= 15 is 0 Å². The van der Waals surface area contributed by atoms with Crippen molar-refractivity contribution in [1.82, 2.24) is 9.13 Å². The van der Waals surface area contributed by atoms with E-state index in [4.69, 9.17) is 4.74 Å². The van der Waals surface area contributed by atoms with Gasteiger partial charge in [-0.15, -0.1) is 0 Å². The van der Waals surface area contributed by atoms with Gasteiger partial charge in [0.05, 0.1) is 22.1 Å². The molecule has 0 spiro atoms. The zero-order valence-electron chi connectivity index (χ0n) is 31.1. The second kappa shape index (κ2) is 12.6. The summed E-state index contributed by atoms with van der Waals surface area (Å²) in [5, 5.41) is 5.01. The van der Waals surface area contributed by atoms with Crippen LogP contribution in [0.15, 0.2) is 206 Å². The lowest BCUT2D eigenvalue weighted by Crippen LogP contribution is -2.17. The molecule has 2 atom stereocenters. The zero-order valence-corrected chi connectivity index (χ0v) is 31.1. The van der Waals surface area contributed by atoms with Gasteiger partial charge in [0.15, 0.2) is 0 Å². The van der Waals surface area contributed by atoms with Gasteiger partial charge in [-0.05, 0) is 112 Å². The molecule has 3 heteroatoms. The maximum atomic E-state index is 6.32. The van der Waals surface area contributed by atoms with Crippen LogP contribution in [0.25, 0.3) is 82.8 Å². The Morgan fingerprint density at radius 1 is 0.386 bits per heavy atom. The van der Waals surface area contributed by atoms with Crippen LogP contribution in [0.4, 0.5) is 0 Å². The molecule has 2 aliphatic rings. The first-order valence-electron chi connectivity index (χ1n) is 19.7. The molecule has 12 rings (SSSR count). The fourth-order valence-corrected chi connectivity index (χ4v) is 9.41. The van der Waals surface area contributed by atoms with Crippen molar-refractivity contribution >= 4 is 49.2 Å². The number of allylic oxidation sites excluding steroid dienone is 2. The highest BCUT2D eigenvalue weighted by Crippen LogP contribution is 2.44.